The summed E-state index contributed by atoms with van der Waals surface area (Å²) in [5.41, 5.74) is 1.48. The number of amides is 1. The summed E-state index contributed by atoms with van der Waals surface area (Å²) in [7, 11) is 5.50. The number of hydrogen-bond donors (Lipinski definition) is 2. The first-order valence-corrected chi connectivity index (χ1v) is 7.71. The molecule has 0 spiro atoms. The zero-order valence-corrected chi connectivity index (χ0v) is 14.4. The molecule has 0 aliphatic heterocycles. The van der Waals surface area contributed by atoms with Crippen LogP contribution in [0, 0.1) is 6.92 Å². The first-order chi connectivity index (χ1) is 11.4. The van der Waals surface area contributed by atoms with Crippen LogP contribution in [0.2, 0.25) is 0 Å². The molecule has 0 bridgehead atoms. The summed E-state index contributed by atoms with van der Waals surface area (Å²) in [5.74, 6) is 0.381. The maximum atomic E-state index is 12.3. The van der Waals surface area contributed by atoms with E-state index < -0.39 is 0 Å². The van der Waals surface area contributed by atoms with Crippen LogP contribution < -0.4 is 15.6 Å². The fraction of sp³-hybridized carbons (Fsp3) is 0.333. The SMILES string of the molecule is COc1cccc(C(CNC(=O)c2ccc(C)[nH]c2=O)N(C)C)c1. The van der Waals surface area contributed by atoms with E-state index in [2.05, 4.69) is 10.3 Å². The van der Waals surface area contributed by atoms with Crippen LogP contribution in [0.5, 0.6) is 5.75 Å². The van der Waals surface area contributed by atoms with E-state index in [0.29, 0.717) is 6.54 Å². The quantitative estimate of drug-likeness (QED) is 0.846. The summed E-state index contributed by atoms with van der Waals surface area (Å²) >= 11 is 0. The van der Waals surface area contributed by atoms with Crippen LogP contribution in [0.4, 0.5) is 0 Å². The number of benzene rings is 1. The van der Waals surface area contributed by atoms with Gasteiger partial charge in [-0.25, -0.2) is 0 Å². The van der Waals surface area contributed by atoms with E-state index in [4.69, 9.17) is 4.74 Å². The number of pyridine rings is 1. The van der Waals surface area contributed by atoms with Gasteiger partial charge in [0.25, 0.3) is 11.5 Å². The molecule has 2 aromatic rings. The number of ether oxygens (including phenoxy) is 1. The lowest BCUT2D eigenvalue weighted by Crippen LogP contribution is -2.36. The molecule has 0 aliphatic rings. The highest BCUT2D eigenvalue weighted by atomic mass is 16.5. The van der Waals surface area contributed by atoms with Gasteiger partial charge < -0.3 is 19.9 Å². The molecule has 1 atom stereocenters. The topological polar surface area (TPSA) is 74.4 Å². The van der Waals surface area contributed by atoms with Gasteiger partial charge in [-0.15, -0.1) is 0 Å². The number of hydrogen-bond acceptors (Lipinski definition) is 4. The fourth-order valence-corrected chi connectivity index (χ4v) is 2.48. The third kappa shape index (κ3) is 4.23. The minimum Gasteiger partial charge on any atom is -0.497 e. The average molecular weight is 329 g/mol. The molecule has 0 aliphatic carbocycles. The van der Waals surface area contributed by atoms with Gasteiger partial charge in [0.05, 0.1) is 13.2 Å². The highest BCUT2D eigenvalue weighted by Crippen LogP contribution is 2.22. The fourth-order valence-electron chi connectivity index (χ4n) is 2.48. The zero-order chi connectivity index (χ0) is 17.7. The lowest BCUT2D eigenvalue weighted by molar-refractivity contribution is 0.0940. The molecule has 2 rings (SSSR count). The number of rotatable bonds is 6. The van der Waals surface area contributed by atoms with Crippen LogP contribution in [-0.2, 0) is 0 Å². The number of nitrogens with zero attached hydrogens (tertiary/aromatic N) is 1. The Hall–Kier alpha value is -2.60. The maximum absolute atomic E-state index is 12.3. The summed E-state index contributed by atoms with van der Waals surface area (Å²) in [5, 5.41) is 2.84. The predicted octanol–water partition coefficient (Wildman–Crippen LogP) is 1.72. The first kappa shape index (κ1) is 17.7. The molecule has 6 heteroatoms. The molecule has 1 heterocycles. The van der Waals surface area contributed by atoms with Gasteiger partial charge in [-0.05, 0) is 50.8 Å². The van der Waals surface area contributed by atoms with E-state index in [9.17, 15) is 9.59 Å². The number of methoxy groups -OCH3 is 1. The summed E-state index contributed by atoms with van der Waals surface area (Å²) in [6.45, 7) is 2.15. The second-order valence-corrected chi connectivity index (χ2v) is 5.85. The van der Waals surface area contributed by atoms with Crippen molar-refractivity contribution in [3.8, 4) is 5.75 Å². The Balaban J connectivity index is 2.14. The van der Waals surface area contributed by atoms with Crippen molar-refractivity contribution < 1.29 is 9.53 Å². The second kappa shape index (κ2) is 7.79. The highest BCUT2D eigenvalue weighted by molar-refractivity contribution is 5.93. The molecule has 0 saturated carbocycles. The van der Waals surface area contributed by atoms with Gasteiger partial charge in [-0.3, -0.25) is 9.59 Å². The molecule has 1 amide bonds. The molecule has 1 aromatic heterocycles. The van der Waals surface area contributed by atoms with Crippen LogP contribution in [0.15, 0.2) is 41.2 Å². The molecule has 1 unspecified atom stereocenters. The van der Waals surface area contributed by atoms with Crippen LogP contribution in [0.3, 0.4) is 0 Å². The number of carbonyl (C=O) groups is 1. The van der Waals surface area contributed by atoms with Crippen molar-refractivity contribution in [1.82, 2.24) is 15.2 Å². The van der Waals surface area contributed by atoms with E-state index in [-0.39, 0.29) is 23.1 Å². The largest absolute Gasteiger partial charge is 0.497 e. The monoisotopic (exact) mass is 329 g/mol. The number of aryl methyl sites for hydroxylation is 1. The van der Waals surface area contributed by atoms with Gasteiger partial charge in [0.1, 0.15) is 11.3 Å². The molecule has 0 saturated heterocycles. The number of carbonyl (C=O) groups excluding carboxylic acids is 1. The molecule has 0 fully saturated rings. The Morgan fingerprint density at radius 3 is 2.67 bits per heavy atom. The standard InChI is InChI=1S/C18H23N3O3/c1-12-8-9-15(18(23)20-12)17(22)19-11-16(21(2)3)13-6-5-7-14(10-13)24-4/h5-10,16H,11H2,1-4H3,(H,19,22)(H,20,23). The van der Waals surface area contributed by atoms with Gasteiger partial charge in [0.2, 0.25) is 0 Å². The average Bonchev–Trinajstić information content (AvgIpc) is 2.54. The Morgan fingerprint density at radius 2 is 2.04 bits per heavy atom. The summed E-state index contributed by atoms with van der Waals surface area (Å²) in [6.07, 6.45) is 0. The molecule has 6 nitrogen and oxygen atoms in total. The highest BCUT2D eigenvalue weighted by Gasteiger charge is 2.17. The van der Waals surface area contributed by atoms with Crippen molar-refractivity contribution >= 4 is 5.91 Å². The van der Waals surface area contributed by atoms with Crippen molar-refractivity contribution in [3.63, 3.8) is 0 Å². The Kier molecular flexibility index (Phi) is 5.76. The number of H-pyrrole nitrogens is 1. The van der Waals surface area contributed by atoms with Crippen molar-refractivity contribution in [1.29, 1.82) is 0 Å². The normalized spacial score (nSPS) is 12.0. The van der Waals surface area contributed by atoms with Crippen LogP contribution in [0.1, 0.15) is 27.7 Å². The van der Waals surface area contributed by atoms with E-state index in [0.717, 1.165) is 17.0 Å². The van der Waals surface area contributed by atoms with Crippen molar-refractivity contribution in [2.45, 2.75) is 13.0 Å². The van der Waals surface area contributed by atoms with Crippen LogP contribution in [0.25, 0.3) is 0 Å². The lowest BCUT2D eigenvalue weighted by Gasteiger charge is -2.25. The van der Waals surface area contributed by atoms with Gasteiger partial charge in [-0.2, -0.15) is 0 Å². The van der Waals surface area contributed by atoms with E-state index >= 15 is 0 Å². The van der Waals surface area contributed by atoms with E-state index in [1.54, 1.807) is 26.2 Å². The molecule has 0 radical (unpaired) electrons. The van der Waals surface area contributed by atoms with Gasteiger partial charge in [0.15, 0.2) is 0 Å². The van der Waals surface area contributed by atoms with Gasteiger partial charge in [-0.1, -0.05) is 12.1 Å². The van der Waals surface area contributed by atoms with Crippen molar-refractivity contribution in [3.05, 3.63) is 63.6 Å². The predicted molar refractivity (Wildman–Crippen MR) is 93.6 cm³/mol. The molecule has 24 heavy (non-hydrogen) atoms. The Morgan fingerprint density at radius 1 is 1.29 bits per heavy atom. The third-order valence-corrected chi connectivity index (χ3v) is 3.86. The minimum absolute atomic E-state index is 0.0337. The van der Waals surface area contributed by atoms with Crippen molar-refractivity contribution in [2.75, 3.05) is 27.7 Å². The first-order valence-electron chi connectivity index (χ1n) is 7.71. The Bertz CT molecular complexity index is 768. The minimum atomic E-state index is -0.383. The Labute approximate surface area is 141 Å². The van der Waals surface area contributed by atoms with Gasteiger partial charge in [0, 0.05) is 12.2 Å². The molecular weight excluding hydrogens is 306 g/mol. The molecule has 2 N–H and O–H groups in total. The van der Waals surface area contributed by atoms with Gasteiger partial charge >= 0.3 is 0 Å². The maximum Gasteiger partial charge on any atom is 0.260 e. The number of aromatic amines is 1. The summed E-state index contributed by atoms with van der Waals surface area (Å²) in [4.78, 5) is 28.8. The summed E-state index contributed by atoms with van der Waals surface area (Å²) in [6, 6.07) is 10.9. The second-order valence-electron chi connectivity index (χ2n) is 5.85. The van der Waals surface area contributed by atoms with Crippen molar-refractivity contribution in [2.24, 2.45) is 0 Å². The molecular formula is C18H23N3O3. The van der Waals surface area contributed by atoms with E-state index in [1.807, 2.05) is 43.3 Å². The number of likely N-dealkylation sites (N-methyl/N-ethyl adjacent to an activating group) is 1. The third-order valence-electron chi connectivity index (χ3n) is 3.86. The molecule has 128 valence electrons. The molecule has 1 aromatic carbocycles. The summed E-state index contributed by atoms with van der Waals surface area (Å²) < 4.78 is 5.26. The zero-order valence-electron chi connectivity index (χ0n) is 14.4. The van der Waals surface area contributed by atoms with Crippen LogP contribution in [-0.4, -0.2) is 43.5 Å². The number of aromatic nitrogens is 1. The van der Waals surface area contributed by atoms with Crippen LogP contribution >= 0.6 is 0 Å². The number of nitrogens with one attached hydrogen (secondary N) is 2. The lowest BCUT2D eigenvalue weighted by atomic mass is 10.1. The smallest absolute Gasteiger partial charge is 0.260 e. The van der Waals surface area contributed by atoms with E-state index in [1.165, 1.54) is 0 Å².